The van der Waals surface area contributed by atoms with Crippen molar-refractivity contribution < 1.29 is 9.47 Å². The fraction of sp³-hybridized carbons (Fsp3) is 1.00. The van der Waals surface area contributed by atoms with Crippen molar-refractivity contribution >= 4 is 0 Å². The van der Waals surface area contributed by atoms with Crippen LogP contribution in [0.15, 0.2) is 0 Å². The second kappa shape index (κ2) is 5.96. The standard InChI is InChI=1S/C12H26N2O2/c1-5-12(6-2,9-13)14-7-10(15-3)11(8-14)16-4/h10-11H,5-9,13H2,1-4H3. The third kappa shape index (κ3) is 2.40. The SMILES string of the molecule is CCC(CC)(CN)N1CC(OC)C(OC)C1. The van der Waals surface area contributed by atoms with Gasteiger partial charge in [-0.1, -0.05) is 13.8 Å². The second-order valence-corrected chi connectivity index (χ2v) is 4.59. The van der Waals surface area contributed by atoms with E-state index in [9.17, 15) is 0 Å². The number of hydrogen-bond donors (Lipinski definition) is 1. The molecule has 0 radical (unpaired) electrons. The number of methoxy groups -OCH3 is 2. The van der Waals surface area contributed by atoms with E-state index in [1.165, 1.54) is 0 Å². The molecule has 1 saturated heterocycles. The van der Waals surface area contributed by atoms with Crippen LogP contribution in [0.2, 0.25) is 0 Å². The predicted molar refractivity (Wildman–Crippen MR) is 65.5 cm³/mol. The summed E-state index contributed by atoms with van der Waals surface area (Å²) >= 11 is 0. The number of likely N-dealkylation sites (tertiary alicyclic amines) is 1. The predicted octanol–water partition coefficient (Wildman–Crippen LogP) is 0.850. The highest BCUT2D eigenvalue weighted by Gasteiger charge is 2.42. The summed E-state index contributed by atoms with van der Waals surface area (Å²) in [4.78, 5) is 2.44. The van der Waals surface area contributed by atoms with Gasteiger partial charge in [-0.2, -0.15) is 0 Å². The molecule has 0 aromatic rings. The number of ether oxygens (including phenoxy) is 2. The van der Waals surface area contributed by atoms with Gasteiger partial charge in [0.2, 0.25) is 0 Å². The van der Waals surface area contributed by atoms with Gasteiger partial charge >= 0.3 is 0 Å². The van der Waals surface area contributed by atoms with E-state index in [0.717, 1.165) is 25.9 Å². The molecule has 0 bridgehead atoms. The average Bonchev–Trinajstić information content (AvgIpc) is 2.76. The van der Waals surface area contributed by atoms with Gasteiger partial charge in [0, 0.05) is 39.4 Å². The maximum absolute atomic E-state index is 5.96. The summed E-state index contributed by atoms with van der Waals surface area (Å²) in [5.41, 5.74) is 6.07. The zero-order chi connectivity index (χ0) is 12.2. The van der Waals surface area contributed by atoms with E-state index in [4.69, 9.17) is 15.2 Å². The van der Waals surface area contributed by atoms with E-state index in [-0.39, 0.29) is 17.7 Å². The first kappa shape index (κ1) is 13.9. The second-order valence-electron chi connectivity index (χ2n) is 4.59. The molecule has 16 heavy (non-hydrogen) atoms. The van der Waals surface area contributed by atoms with Gasteiger partial charge in [0.1, 0.15) is 0 Å². The molecule has 0 spiro atoms. The topological polar surface area (TPSA) is 47.7 Å². The number of nitrogens with two attached hydrogens (primary N) is 1. The zero-order valence-electron chi connectivity index (χ0n) is 11.0. The minimum atomic E-state index is 0.115. The molecule has 1 fully saturated rings. The Bertz CT molecular complexity index is 187. The Kier molecular flexibility index (Phi) is 5.18. The van der Waals surface area contributed by atoms with Crippen LogP contribution in [-0.2, 0) is 9.47 Å². The van der Waals surface area contributed by atoms with Crippen LogP contribution in [0.4, 0.5) is 0 Å². The largest absolute Gasteiger partial charge is 0.377 e. The third-order valence-corrected chi connectivity index (χ3v) is 4.19. The van der Waals surface area contributed by atoms with Gasteiger partial charge in [0.25, 0.3) is 0 Å². The van der Waals surface area contributed by atoms with E-state index in [2.05, 4.69) is 18.7 Å². The van der Waals surface area contributed by atoms with Gasteiger partial charge < -0.3 is 15.2 Å². The summed E-state index contributed by atoms with van der Waals surface area (Å²) in [6.07, 6.45) is 2.50. The Labute approximate surface area is 99.1 Å². The molecule has 1 aliphatic rings. The first-order valence-electron chi connectivity index (χ1n) is 6.18. The quantitative estimate of drug-likeness (QED) is 0.735. The molecule has 4 heteroatoms. The van der Waals surface area contributed by atoms with E-state index >= 15 is 0 Å². The molecule has 0 aromatic carbocycles. The van der Waals surface area contributed by atoms with Crippen LogP contribution in [0, 0.1) is 0 Å². The Balaban J connectivity index is 2.74. The highest BCUT2D eigenvalue weighted by Crippen LogP contribution is 2.29. The van der Waals surface area contributed by atoms with E-state index in [0.29, 0.717) is 6.54 Å². The molecular formula is C12H26N2O2. The zero-order valence-corrected chi connectivity index (χ0v) is 11.0. The molecule has 4 nitrogen and oxygen atoms in total. The van der Waals surface area contributed by atoms with Crippen LogP contribution in [0.3, 0.4) is 0 Å². The minimum Gasteiger partial charge on any atom is -0.377 e. The molecule has 0 saturated carbocycles. The van der Waals surface area contributed by atoms with Crippen LogP contribution >= 0.6 is 0 Å². The van der Waals surface area contributed by atoms with Gasteiger partial charge in [-0.15, -0.1) is 0 Å². The molecule has 1 rings (SSSR count). The highest BCUT2D eigenvalue weighted by atomic mass is 16.5. The number of hydrogen-bond acceptors (Lipinski definition) is 4. The number of nitrogens with zero attached hydrogens (tertiary/aromatic N) is 1. The summed E-state index contributed by atoms with van der Waals surface area (Å²) in [5, 5.41) is 0. The van der Waals surface area contributed by atoms with E-state index in [1.807, 2.05) is 0 Å². The molecule has 2 atom stereocenters. The molecule has 1 aliphatic heterocycles. The lowest BCUT2D eigenvalue weighted by molar-refractivity contribution is -0.00461. The number of rotatable bonds is 6. The Hall–Kier alpha value is -0.160. The Morgan fingerprint density at radius 2 is 1.56 bits per heavy atom. The van der Waals surface area contributed by atoms with Crippen LogP contribution in [0.5, 0.6) is 0 Å². The van der Waals surface area contributed by atoms with Crippen LogP contribution < -0.4 is 5.73 Å². The normalized spacial score (nSPS) is 27.6. The molecule has 96 valence electrons. The lowest BCUT2D eigenvalue weighted by atomic mass is 9.91. The Morgan fingerprint density at radius 1 is 1.12 bits per heavy atom. The summed E-state index contributed by atoms with van der Waals surface area (Å²) in [6.45, 7) is 6.96. The van der Waals surface area contributed by atoms with Crippen molar-refractivity contribution in [2.45, 2.75) is 44.4 Å². The van der Waals surface area contributed by atoms with Crippen LogP contribution in [-0.4, -0.2) is 56.5 Å². The van der Waals surface area contributed by atoms with Crippen molar-refractivity contribution in [2.24, 2.45) is 5.73 Å². The molecular weight excluding hydrogens is 204 g/mol. The smallest absolute Gasteiger partial charge is 0.0972 e. The van der Waals surface area contributed by atoms with Gasteiger partial charge in [0.05, 0.1) is 12.2 Å². The fourth-order valence-corrected chi connectivity index (χ4v) is 2.70. The Morgan fingerprint density at radius 3 is 1.81 bits per heavy atom. The third-order valence-electron chi connectivity index (χ3n) is 4.19. The minimum absolute atomic E-state index is 0.115. The van der Waals surface area contributed by atoms with Gasteiger partial charge in [0.15, 0.2) is 0 Å². The van der Waals surface area contributed by atoms with Crippen molar-refractivity contribution in [3.05, 3.63) is 0 Å². The van der Waals surface area contributed by atoms with Crippen molar-refractivity contribution in [3.8, 4) is 0 Å². The monoisotopic (exact) mass is 230 g/mol. The van der Waals surface area contributed by atoms with Crippen molar-refractivity contribution in [3.63, 3.8) is 0 Å². The summed E-state index contributed by atoms with van der Waals surface area (Å²) in [6, 6.07) is 0. The van der Waals surface area contributed by atoms with E-state index in [1.54, 1.807) is 14.2 Å². The summed E-state index contributed by atoms with van der Waals surface area (Å²) in [5.74, 6) is 0. The maximum atomic E-state index is 5.96. The molecule has 2 N–H and O–H groups in total. The van der Waals surface area contributed by atoms with Crippen molar-refractivity contribution in [1.29, 1.82) is 0 Å². The van der Waals surface area contributed by atoms with Crippen molar-refractivity contribution in [2.75, 3.05) is 33.9 Å². The molecule has 0 amide bonds. The average molecular weight is 230 g/mol. The summed E-state index contributed by atoms with van der Waals surface area (Å²) in [7, 11) is 3.50. The molecule has 1 heterocycles. The molecule has 0 aromatic heterocycles. The summed E-state index contributed by atoms with van der Waals surface area (Å²) < 4.78 is 10.9. The maximum Gasteiger partial charge on any atom is 0.0972 e. The van der Waals surface area contributed by atoms with Gasteiger partial charge in [-0.05, 0) is 12.8 Å². The highest BCUT2D eigenvalue weighted by molar-refractivity contribution is 4.97. The molecule has 0 aliphatic carbocycles. The lowest BCUT2D eigenvalue weighted by Gasteiger charge is -2.40. The van der Waals surface area contributed by atoms with Crippen LogP contribution in [0.1, 0.15) is 26.7 Å². The van der Waals surface area contributed by atoms with Crippen LogP contribution in [0.25, 0.3) is 0 Å². The van der Waals surface area contributed by atoms with Gasteiger partial charge in [-0.3, -0.25) is 4.90 Å². The first-order valence-corrected chi connectivity index (χ1v) is 6.18. The first-order chi connectivity index (χ1) is 7.67. The lowest BCUT2D eigenvalue weighted by Crippen LogP contribution is -2.52. The van der Waals surface area contributed by atoms with Crippen molar-refractivity contribution in [1.82, 2.24) is 4.90 Å². The van der Waals surface area contributed by atoms with E-state index < -0.39 is 0 Å². The van der Waals surface area contributed by atoms with Gasteiger partial charge in [-0.25, -0.2) is 0 Å². The fourth-order valence-electron chi connectivity index (χ4n) is 2.70. The molecule has 2 unspecified atom stereocenters.